The number of nitrogens with zero attached hydrogens (tertiary/aromatic N) is 3. The van der Waals surface area contributed by atoms with Gasteiger partial charge in [0.25, 0.3) is 11.8 Å². The van der Waals surface area contributed by atoms with Crippen molar-refractivity contribution in [3.8, 4) is 0 Å². The highest BCUT2D eigenvalue weighted by atomic mass is 19.4. The summed E-state index contributed by atoms with van der Waals surface area (Å²) in [4.78, 5) is 27.1. The number of fused-ring (bicyclic) bond motifs is 1. The van der Waals surface area contributed by atoms with E-state index < -0.39 is 40.7 Å². The Bertz CT molecular complexity index is 1130. The summed E-state index contributed by atoms with van der Waals surface area (Å²) in [6.07, 6.45) is -3.07. The summed E-state index contributed by atoms with van der Waals surface area (Å²) in [6, 6.07) is 2.55. The molecule has 1 N–H and O–H groups in total. The third kappa shape index (κ3) is 4.62. The maximum atomic E-state index is 13.9. The average Bonchev–Trinajstić information content (AvgIpc) is 3.03. The first-order valence-electron chi connectivity index (χ1n) is 10.2. The SMILES string of the molecule is CCCNC(=O)C1=CN(C(=O)c2ccc(F)c(F)c2)CC(C)(C)c2c1nn(C)c2C(F)(F)F. The number of halogens is 5. The minimum atomic E-state index is -4.77. The smallest absolute Gasteiger partial charge is 0.352 e. The van der Waals surface area contributed by atoms with Crippen molar-refractivity contribution in [3.63, 3.8) is 0 Å². The van der Waals surface area contributed by atoms with Crippen LogP contribution >= 0.6 is 0 Å². The molecule has 11 heteroatoms. The Kier molecular flexibility index (Phi) is 6.36. The number of hydrogen-bond donors (Lipinski definition) is 1. The van der Waals surface area contributed by atoms with Crippen LogP contribution < -0.4 is 5.32 Å². The quantitative estimate of drug-likeness (QED) is 0.687. The zero-order valence-corrected chi connectivity index (χ0v) is 18.5. The van der Waals surface area contributed by atoms with E-state index in [0.29, 0.717) is 17.2 Å². The lowest BCUT2D eigenvalue weighted by Gasteiger charge is -2.30. The third-order valence-electron chi connectivity index (χ3n) is 5.31. The molecule has 1 aromatic carbocycles. The fourth-order valence-corrected chi connectivity index (χ4v) is 3.87. The normalized spacial score (nSPS) is 15.5. The lowest BCUT2D eigenvalue weighted by Crippen LogP contribution is -2.38. The number of aryl methyl sites for hydroxylation is 1. The Morgan fingerprint density at radius 2 is 1.85 bits per heavy atom. The van der Waals surface area contributed by atoms with Gasteiger partial charge < -0.3 is 10.2 Å². The van der Waals surface area contributed by atoms with Crippen LogP contribution in [0, 0.1) is 11.6 Å². The van der Waals surface area contributed by atoms with Crippen molar-refractivity contribution in [2.75, 3.05) is 13.1 Å². The van der Waals surface area contributed by atoms with E-state index in [1.54, 1.807) is 6.92 Å². The Balaban J connectivity index is 2.20. The molecule has 2 heterocycles. The molecule has 1 aliphatic rings. The summed E-state index contributed by atoms with van der Waals surface area (Å²) in [7, 11) is 1.14. The van der Waals surface area contributed by atoms with Crippen molar-refractivity contribution in [1.29, 1.82) is 0 Å². The second-order valence-electron chi connectivity index (χ2n) is 8.44. The molecule has 0 saturated heterocycles. The van der Waals surface area contributed by atoms with Gasteiger partial charge in [-0.3, -0.25) is 14.3 Å². The maximum Gasteiger partial charge on any atom is 0.433 e. The van der Waals surface area contributed by atoms with Crippen molar-refractivity contribution in [2.45, 2.75) is 38.8 Å². The van der Waals surface area contributed by atoms with Crippen LogP contribution in [0.1, 0.15) is 54.5 Å². The first-order valence-corrected chi connectivity index (χ1v) is 10.2. The van der Waals surface area contributed by atoms with Gasteiger partial charge in [0.1, 0.15) is 11.4 Å². The molecule has 2 aromatic rings. The van der Waals surface area contributed by atoms with E-state index in [9.17, 15) is 31.5 Å². The standard InChI is InChI=1S/C22H23F5N4O2/c1-5-8-28-19(32)13-10-31(20(33)12-6-7-14(23)15(24)9-12)11-21(2,3)16-17(13)29-30(4)18(16)22(25,26)27/h6-7,9-10H,5,8,11H2,1-4H3,(H,28,32). The summed E-state index contributed by atoms with van der Waals surface area (Å²) in [5.74, 6) is -3.90. The van der Waals surface area contributed by atoms with Crippen LogP contribution in [0.2, 0.25) is 0 Å². The van der Waals surface area contributed by atoms with Gasteiger partial charge in [-0.2, -0.15) is 18.3 Å². The van der Waals surface area contributed by atoms with Gasteiger partial charge in [0.2, 0.25) is 0 Å². The molecule has 0 saturated carbocycles. The van der Waals surface area contributed by atoms with Gasteiger partial charge in [-0.15, -0.1) is 0 Å². The van der Waals surface area contributed by atoms with E-state index >= 15 is 0 Å². The van der Waals surface area contributed by atoms with Crippen LogP contribution in [0.4, 0.5) is 22.0 Å². The van der Waals surface area contributed by atoms with Gasteiger partial charge in [-0.1, -0.05) is 20.8 Å². The summed E-state index contributed by atoms with van der Waals surface area (Å²) in [5, 5.41) is 6.59. The molecule has 0 unspecified atom stereocenters. The van der Waals surface area contributed by atoms with E-state index in [4.69, 9.17) is 0 Å². The van der Waals surface area contributed by atoms with E-state index in [1.165, 1.54) is 13.8 Å². The van der Waals surface area contributed by atoms with Crippen LogP contribution in [0.25, 0.3) is 5.57 Å². The van der Waals surface area contributed by atoms with Crippen molar-refractivity contribution >= 4 is 17.4 Å². The second-order valence-corrected chi connectivity index (χ2v) is 8.44. The molecule has 0 fully saturated rings. The van der Waals surface area contributed by atoms with Crippen molar-refractivity contribution in [2.24, 2.45) is 7.05 Å². The van der Waals surface area contributed by atoms with E-state index in [2.05, 4.69) is 10.4 Å². The predicted octanol–water partition coefficient (Wildman–Crippen LogP) is 4.02. The van der Waals surface area contributed by atoms with Crippen LogP contribution in [-0.4, -0.2) is 39.6 Å². The maximum absolute atomic E-state index is 13.9. The Morgan fingerprint density at radius 1 is 1.18 bits per heavy atom. The Hall–Kier alpha value is -3.24. The molecule has 1 aliphatic heterocycles. The van der Waals surface area contributed by atoms with Crippen LogP contribution in [0.3, 0.4) is 0 Å². The van der Waals surface area contributed by atoms with E-state index in [-0.39, 0.29) is 35.5 Å². The summed E-state index contributed by atoms with van der Waals surface area (Å²) >= 11 is 0. The molecule has 2 amide bonds. The lowest BCUT2D eigenvalue weighted by atomic mass is 9.81. The number of carbonyl (C=O) groups is 2. The molecular formula is C22H23F5N4O2. The summed E-state index contributed by atoms with van der Waals surface area (Å²) in [5.41, 5.74) is -3.19. The number of alkyl halides is 3. The molecule has 1 aromatic heterocycles. The monoisotopic (exact) mass is 470 g/mol. The largest absolute Gasteiger partial charge is 0.433 e. The van der Waals surface area contributed by atoms with Gasteiger partial charge in [-0.05, 0) is 24.6 Å². The summed E-state index contributed by atoms with van der Waals surface area (Å²) in [6.45, 7) is 4.78. The average molecular weight is 470 g/mol. The van der Waals surface area contributed by atoms with Crippen molar-refractivity contribution < 1.29 is 31.5 Å². The van der Waals surface area contributed by atoms with Gasteiger partial charge in [0.15, 0.2) is 11.6 Å². The van der Waals surface area contributed by atoms with E-state index in [0.717, 1.165) is 30.3 Å². The number of nitrogens with one attached hydrogen (secondary N) is 1. The fourth-order valence-electron chi connectivity index (χ4n) is 3.87. The number of benzene rings is 1. The predicted molar refractivity (Wildman–Crippen MR) is 110 cm³/mol. The second kappa shape index (κ2) is 8.60. The molecular weight excluding hydrogens is 447 g/mol. The van der Waals surface area contributed by atoms with Crippen molar-refractivity contribution in [3.05, 3.63) is 58.5 Å². The zero-order chi connectivity index (χ0) is 24.7. The molecule has 6 nitrogen and oxygen atoms in total. The molecule has 0 atom stereocenters. The molecule has 0 bridgehead atoms. The molecule has 178 valence electrons. The van der Waals surface area contributed by atoms with Gasteiger partial charge in [-0.25, -0.2) is 8.78 Å². The fraction of sp³-hybridized carbons (Fsp3) is 0.409. The number of carbonyl (C=O) groups excluding carboxylic acids is 2. The van der Waals surface area contributed by atoms with Crippen molar-refractivity contribution in [1.82, 2.24) is 20.0 Å². The first kappa shape index (κ1) is 24.4. The van der Waals surface area contributed by atoms with Gasteiger partial charge >= 0.3 is 6.18 Å². The third-order valence-corrected chi connectivity index (χ3v) is 5.31. The van der Waals surface area contributed by atoms with Gasteiger partial charge in [0, 0.05) is 42.9 Å². The van der Waals surface area contributed by atoms with E-state index in [1.807, 2.05) is 0 Å². The zero-order valence-electron chi connectivity index (χ0n) is 18.5. The van der Waals surface area contributed by atoms with Crippen LogP contribution in [0.15, 0.2) is 24.4 Å². The topological polar surface area (TPSA) is 67.2 Å². The number of amides is 2. The van der Waals surface area contributed by atoms with Crippen LogP contribution in [0.5, 0.6) is 0 Å². The minimum absolute atomic E-state index is 0.191. The molecule has 0 spiro atoms. The molecule has 33 heavy (non-hydrogen) atoms. The lowest BCUT2D eigenvalue weighted by molar-refractivity contribution is -0.144. The van der Waals surface area contributed by atoms with Gasteiger partial charge in [0.05, 0.1) is 5.57 Å². The Morgan fingerprint density at radius 3 is 2.42 bits per heavy atom. The Labute approximate surface area is 187 Å². The first-order chi connectivity index (χ1) is 15.3. The minimum Gasteiger partial charge on any atom is -0.352 e. The number of aromatic nitrogens is 2. The molecule has 0 radical (unpaired) electrons. The summed E-state index contributed by atoms with van der Waals surface area (Å²) < 4.78 is 69.5. The highest BCUT2D eigenvalue weighted by Gasteiger charge is 2.47. The highest BCUT2D eigenvalue weighted by Crippen LogP contribution is 2.43. The molecule has 0 aliphatic carbocycles. The number of hydrogen-bond acceptors (Lipinski definition) is 3. The number of rotatable bonds is 4. The van der Waals surface area contributed by atoms with Crippen LogP contribution in [-0.2, 0) is 23.4 Å². The molecule has 3 rings (SSSR count). The highest BCUT2D eigenvalue weighted by molar-refractivity contribution is 6.20.